The van der Waals surface area contributed by atoms with E-state index in [1.54, 1.807) is 5.38 Å². The Labute approximate surface area is 122 Å². The van der Waals surface area contributed by atoms with Crippen molar-refractivity contribution >= 4 is 27.3 Å². The number of piperidine rings is 1. The van der Waals surface area contributed by atoms with Crippen molar-refractivity contribution in [3.8, 4) is 0 Å². The Hall–Kier alpha value is -0.960. The SMILES string of the molecule is COC(=O)c1sccc1S(=O)(=O)N1CCCCC1CO. The van der Waals surface area contributed by atoms with Gasteiger partial charge < -0.3 is 9.84 Å². The number of rotatable bonds is 4. The lowest BCUT2D eigenvalue weighted by Crippen LogP contribution is -2.45. The second kappa shape index (κ2) is 6.21. The van der Waals surface area contributed by atoms with Crippen LogP contribution in [0.15, 0.2) is 16.3 Å². The van der Waals surface area contributed by atoms with E-state index in [-0.39, 0.29) is 16.4 Å². The van der Waals surface area contributed by atoms with Crippen LogP contribution in [0.3, 0.4) is 0 Å². The van der Waals surface area contributed by atoms with Crippen molar-refractivity contribution in [3.05, 3.63) is 16.3 Å². The van der Waals surface area contributed by atoms with Crippen molar-refractivity contribution in [1.82, 2.24) is 4.31 Å². The first-order chi connectivity index (χ1) is 9.52. The van der Waals surface area contributed by atoms with Gasteiger partial charge in [-0.3, -0.25) is 0 Å². The molecular weight excluding hydrogens is 302 g/mol. The van der Waals surface area contributed by atoms with Crippen LogP contribution in [-0.4, -0.2) is 50.1 Å². The molecule has 1 atom stereocenters. The molecule has 0 spiro atoms. The largest absolute Gasteiger partial charge is 0.465 e. The van der Waals surface area contributed by atoms with Gasteiger partial charge in [0.05, 0.1) is 13.7 Å². The van der Waals surface area contributed by atoms with E-state index in [0.717, 1.165) is 24.2 Å². The zero-order chi connectivity index (χ0) is 14.8. The molecule has 1 fully saturated rings. The molecule has 1 saturated heterocycles. The molecule has 0 amide bonds. The van der Waals surface area contributed by atoms with Gasteiger partial charge >= 0.3 is 5.97 Å². The number of carbonyl (C=O) groups is 1. The van der Waals surface area contributed by atoms with Gasteiger partial charge in [-0.1, -0.05) is 6.42 Å². The molecule has 0 aliphatic carbocycles. The van der Waals surface area contributed by atoms with E-state index in [2.05, 4.69) is 4.74 Å². The fourth-order valence-corrected chi connectivity index (χ4v) is 5.34. The average Bonchev–Trinajstić information content (AvgIpc) is 2.96. The molecule has 1 aromatic rings. The Morgan fingerprint density at radius 2 is 2.30 bits per heavy atom. The number of sulfonamides is 1. The maximum absolute atomic E-state index is 12.7. The highest BCUT2D eigenvalue weighted by molar-refractivity contribution is 7.89. The number of aliphatic hydroxyl groups excluding tert-OH is 1. The maximum Gasteiger partial charge on any atom is 0.349 e. The van der Waals surface area contributed by atoms with Gasteiger partial charge in [-0.25, -0.2) is 13.2 Å². The van der Waals surface area contributed by atoms with Crippen LogP contribution in [0.25, 0.3) is 0 Å². The van der Waals surface area contributed by atoms with Crippen LogP contribution in [0.5, 0.6) is 0 Å². The van der Waals surface area contributed by atoms with Crippen LogP contribution in [0.1, 0.15) is 28.9 Å². The van der Waals surface area contributed by atoms with Crippen LogP contribution in [-0.2, 0) is 14.8 Å². The third kappa shape index (κ3) is 2.73. The first kappa shape index (κ1) is 15.4. The Kier molecular flexibility index (Phi) is 4.79. The Balaban J connectivity index is 2.39. The minimum atomic E-state index is -3.78. The fraction of sp³-hybridized carbons (Fsp3) is 0.583. The van der Waals surface area contributed by atoms with Crippen LogP contribution in [0.4, 0.5) is 0 Å². The number of carbonyl (C=O) groups excluding carboxylic acids is 1. The molecule has 1 N–H and O–H groups in total. The molecule has 6 nitrogen and oxygen atoms in total. The molecule has 20 heavy (non-hydrogen) atoms. The zero-order valence-electron chi connectivity index (χ0n) is 11.1. The standard InChI is InChI=1S/C12H17NO5S2/c1-18-12(15)11-10(5-7-19-11)20(16,17)13-6-3-2-4-9(13)8-14/h5,7,9,14H,2-4,6,8H2,1H3. The summed E-state index contributed by atoms with van der Waals surface area (Å²) in [7, 11) is -2.56. The fourth-order valence-electron chi connectivity index (χ4n) is 2.34. The van der Waals surface area contributed by atoms with Gasteiger partial charge in [0.2, 0.25) is 10.0 Å². The van der Waals surface area contributed by atoms with Crippen molar-refractivity contribution in [2.24, 2.45) is 0 Å². The predicted octanol–water partition coefficient (Wildman–Crippen LogP) is 1.07. The Bertz CT molecular complexity index is 580. The molecule has 8 heteroatoms. The number of hydrogen-bond acceptors (Lipinski definition) is 6. The summed E-state index contributed by atoms with van der Waals surface area (Å²) >= 11 is 1.04. The molecule has 2 heterocycles. The van der Waals surface area contributed by atoms with Gasteiger partial charge in [0, 0.05) is 12.6 Å². The van der Waals surface area contributed by atoms with Gasteiger partial charge in [0.15, 0.2) is 0 Å². The number of nitrogens with zero attached hydrogens (tertiary/aromatic N) is 1. The second-order valence-corrected chi connectivity index (χ2v) is 7.33. The quantitative estimate of drug-likeness (QED) is 0.839. The van der Waals surface area contributed by atoms with Gasteiger partial charge in [-0.05, 0) is 24.3 Å². The lowest BCUT2D eigenvalue weighted by molar-refractivity contribution is 0.0602. The van der Waals surface area contributed by atoms with Gasteiger partial charge in [0.1, 0.15) is 9.77 Å². The number of aliphatic hydroxyl groups is 1. The number of esters is 1. The minimum absolute atomic E-state index is 0.0327. The molecule has 1 aliphatic rings. The summed E-state index contributed by atoms with van der Waals surface area (Å²) < 4.78 is 31.3. The molecule has 112 valence electrons. The molecule has 0 bridgehead atoms. The second-order valence-electron chi connectivity index (χ2n) is 4.55. The number of methoxy groups -OCH3 is 1. The van der Waals surface area contributed by atoms with E-state index in [4.69, 9.17) is 0 Å². The highest BCUT2D eigenvalue weighted by Gasteiger charge is 2.36. The van der Waals surface area contributed by atoms with Crippen LogP contribution in [0.2, 0.25) is 0 Å². The van der Waals surface area contributed by atoms with E-state index in [0.29, 0.717) is 13.0 Å². The summed E-state index contributed by atoms with van der Waals surface area (Å²) in [5, 5.41) is 10.9. The summed E-state index contributed by atoms with van der Waals surface area (Å²) in [5.41, 5.74) is 0. The van der Waals surface area contributed by atoms with E-state index in [1.165, 1.54) is 17.5 Å². The Morgan fingerprint density at radius 3 is 2.95 bits per heavy atom. The van der Waals surface area contributed by atoms with Gasteiger partial charge in [-0.2, -0.15) is 4.31 Å². The first-order valence-electron chi connectivity index (χ1n) is 6.31. The predicted molar refractivity (Wildman–Crippen MR) is 74.3 cm³/mol. The van der Waals surface area contributed by atoms with E-state index >= 15 is 0 Å². The normalized spacial score (nSPS) is 20.8. The van der Waals surface area contributed by atoms with E-state index in [9.17, 15) is 18.3 Å². The van der Waals surface area contributed by atoms with E-state index < -0.39 is 22.0 Å². The maximum atomic E-state index is 12.7. The summed E-state index contributed by atoms with van der Waals surface area (Å²) in [6, 6.07) is 0.995. The van der Waals surface area contributed by atoms with Crippen LogP contribution < -0.4 is 0 Å². The topological polar surface area (TPSA) is 83.9 Å². The molecule has 0 aromatic carbocycles. The van der Waals surface area contributed by atoms with Crippen molar-refractivity contribution in [3.63, 3.8) is 0 Å². The zero-order valence-corrected chi connectivity index (χ0v) is 12.7. The first-order valence-corrected chi connectivity index (χ1v) is 8.63. The smallest absolute Gasteiger partial charge is 0.349 e. The van der Waals surface area contributed by atoms with Crippen molar-refractivity contribution in [1.29, 1.82) is 0 Å². The molecule has 1 aromatic heterocycles. The summed E-state index contributed by atoms with van der Waals surface area (Å²) in [6.07, 6.45) is 2.28. The number of hydrogen-bond donors (Lipinski definition) is 1. The summed E-state index contributed by atoms with van der Waals surface area (Å²) in [4.78, 5) is 11.7. The number of thiophene rings is 1. The molecule has 2 rings (SSSR count). The Morgan fingerprint density at radius 1 is 1.55 bits per heavy atom. The van der Waals surface area contributed by atoms with E-state index in [1.807, 2.05) is 0 Å². The van der Waals surface area contributed by atoms with Crippen molar-refractivity contribution in [2.75, 3.05) is 20.3 Å². The summed E-state index contributed by atoms with van der Waals surface area (Å²) in [5.74, 6) is -0.656. The third-order valence-electron chi connectivity index (χ3n) is 3.37. The minimum Gasteiger partial charge on any atom is -0.465 e. The highest BCUT2D eigenvalue weighted by Crippen LogP contribution is 2.30. The molecular formula is C12H17NO5S2. The molecule has 0 radical (unpaired) electrons. The molecule has 0 saturated carbocycles. The lowest BCUT2D eigenvalue weighted by atomic mass is 10.1. The van der Waals surface area contributed by atoms with Crippen molar-refractivity contribution < 1.29 is 23.1 Å². The third-order valence-corrected chi connectivity index (χ3v) is 6.39. The van der Waals surface area contributed by atoms with Gasteiger partial charge in [-0.15, -0.1) is 11.3 Å². The molecule has 1 aliphatic heterocycles. The molecule has 1 unspecified atom stereocenters. The summed E-state index contributed by atoms with van der Waals surface area (Å²) in [6.45, 7) is 0.154. The highest BCUT2D eigenvalue weighted by atomic mass is 32.2. The monoisotopic (exact) mass is 319 g/mol. The lowest BCUT2D eigenvalue weighted by Gasteiger charge is -2.33. The van der Waals surface area contributed by atoms with Gasteiger partial charge in [0.25, 0.3) is 0 Å². The average molecular weight is 319 g/mol. The van der Waals surface area contributed by atoms with Crippen LogP contribution in [0, 0.1) is 0 Å². The number of ether oxygens (including phenoxy) is 1. The van der Waals surface area contributed by atoms with Crippen LogP contribution >= 0.6 is 11.3 Å². The van der Waals surface area contributed by atoms with Crippen molar-refractivity contribution in [2.45, 2.75) is 30.2 Å².